The smallest absolute Gasteiger partial charge is 0.120 e. The van der Waals surface area contributed by atoms with Gasteiger partial charge in [-0.25, -0.2) is 0 Å². The third kappa shape index (κ3) is 5.09. The van der Waals surface area contributed by atoms with Crippen molar-refractivity contribution in [1.82, 2.24) is 0 Å². The first-order chi connectivity index (χ1) is 8.13. The Labute approximate surface area is 104 Å². The van der Waals surface area contributed by atoms with E-state index < -0.39 is 0 Å². The van der Waals surface area contributed by atoms with Crippen LogP contribution in [0.15, 0.2) is 24.3 Å². The zero-order valence-electron chi connectivity index (χ0n) is 11.0. The van der Waals surface area contributed by atoms with Crippen molar-refractivity contribution in [3.8, 4) is 5.75 Å². The quantitative estimate of drug-likeness (QED) is 0.740. The van der Waals surface area contributed by atoms with Crippen molar-refractivity contribution in [2.45, 2.75) is 32.3 Å². The van der Waals surface area contributed by atoms with E-state index in [9.17, 15) is 5.11 Å². The van der Waals surface area contributed by atoms with E-state index in [4.69, 9.17) is 4.74 Å². The van der Waals surface area contributed by atoms with Gasteiger partial charge >= 0.3 is 0 Å². The van der Waals surface area contributed by atoms with Crippen LogP contribution in [0.1, 0.15) is 26.2 Å². The van der Waals surface area contributed by atoms with Gasteiger partial charge in [0.2, 0.25) is 0 Å². The van der Waals surface area contributed by atoms with Crippen LogP contribution in [0, 0.1) is 0 Å². The van der Waals surface area contributed by atoms with Crippen molar-refractivity contribution in [3.63, 3.8) is 0 Å². The van der Waals surface area contributed by atoms with Gasteiger partial charge in [0.05, 0.1) is 13.2 Å². The number of hydrogen-bond donors (Lipinski definition) is 1. The first-order valence-electron chi connectivity index (χ1n) is 6.16. The van der Waals surface area contributed by atoms with Gasteiger partial charge in [-0.2, -0.15) is 0 Å². The van der Waals surface area contributed by atoms with Crippen LogP contribution < -0.4 is 9.64 Å². The maximum absolute atomic E-state index is 9.17. The van der Waals surface area contributed by atoms with Gasteiger partial charge in [0.25, 0.3) is 0 Å². The van der Waals surface area contributed by atoms with Crippen LogP contribution in [0.2, 0.25) is 0 Å². The number of nitrogens with zero attached hydrogens (tertiary/aromatic N) is 1. The van der Waals surface area contributed by atoms with Gasteiger partial charge in [0.15, 0.2) is 0 Å². The van der Waals surface area contributed by atoms with Gasteiger partial charge in [0.1, 0.15) is 5.75 Å². The lowest BCUT2D eigenvalue weighted by Gasteiger charge is -2.20. The third-order valence-electron chi connectivity index (χ3n) is 2.86. The molecule has 0 aliphatic carbocycles. The lowest BCUT2D eigenvalue weighted by atomic mass is 10.1. The molecular weight excluding hydrogens is 214 g/mol. The Balaban J connectivity index is 2.38. The number of methoxy groups -OCH3 is 1. The van der Waals surface area contributed by atoms with Crippen LogP contribution in [0.4, 0.5) is 5.69 Å². The molecule has 96 valence electrons. The predicted molar refractivity (Wildman–Crippen MR) is 71.8 cm³/mol. The summed E-state index contributed by atoms with van der Waals surface area (Å²) >= 11 is 0. The standard InChI is InChI=1S/C14H23NO2/c1-12(16)7-4-5-10-15(2)13-8-6-9-14(11-13)17-3/h6,8-9,11-12,16H,4-5,7,10H2,1-3H3. The summed E-state index contributed by atoms with van der Waals surface area (Å²) in [5.41, 5.74) is 1.17. The van der Waals surface area contributed by atoms with E-state index >= 15 is 0 Å². The summed E-state index contributed by atoms with van der Waals surface area (Å²) in [6.45, 7) is 2.84. The first kappa shape index (κ1) is 13.8. The summed E-state index contributed by atoms with van der Waals surface area (Å²) in [5, 5.41) is 9.17. The molecule has 1 N–H and O–H groups in total. The van der Waals surface area contributed by atoms with Gasteiger partial charge in [-0.15, -0.1) is 0 Å². The summed E-state index contributed by atoms with van der Waals surface area (Å²) in [7, 11) is 3.76. The second kappa shape index (κ2) is 7.17. The van der Waals surface area contributed by atoms with E-state index in [0.29, 0.717) is 0 Å². The number of aliphatic hydroxyl groups excluding tert-OH is 1. The fourth-order valence-corrected chi connectivity index (χ4v) is 1.77. The molecule has 1 aromatic carbocycles. The maximum Gasteiger partial charge on any atom is 0.120 e. The summed E-state index contributed by atoms with van der Waals surface area (Å²) < 4.78 is 5.20. The van der Waals surface area contributed by atoms with Crippen molar-refractivity contribution < 1.29 is 9.84 Å². The number of rotatable bonds is 7. The average molecular weight is 237 g/mol. The van der Waals surface area contributed by atoms with E-state index in [1.165, 1.54) is 5.69 Å². The van der Waals surface area contributed by atoms with Crippen LogP contribution in [0.3, 0.4) is 0 Å². The molecule has 0 bridgehead atoms. The Morgan fingerprint density at radius 2 is 2.12 bits per heavy atom. The van der Waals surface area contributed by atoms with Crippen LogP contribution in [-0.4, -0.2) is 31.9 Å². The van der Waals surface area contributed by atoms with E-state index in [1.807, 2.05) is 25.1 Å². The van der Waals surface area contributed by atoms with E-state index in [-0.39, 0.29) is 6.10 Å². The molecule has 17 heavy (non-hydrogen) atoms. The molecule has 1 aromatic rings. The third-order valence-corrected chi connectivity index (χ3v) is 2.86. The highest BCUT2D eigenvalue weighted by atomic mass is 16.5. The fraction of sp³-hybridized carbons (Fsp3) is 0.571. The molecule has 0 saturated carbocycles. The largest absolute Gasteiger partial charge is 0.497 e. The Morgan fingerprint density at radius 1 is 1.35 bits per heavy atom. The van der Waals surface area contributed by atoms with Gasteiger partial charge < -0.3 is 14.7 Å². The molecule has 0 aliphatic heterocycles. The molecular formula is C14H23NO2. The van der Waals surface area contributed by atoms with Gasteiger partial charge in [-0.05, 0) is 38.3 Å². The topological polar surface area (TPSA) is 32.7 Å². The summed E-state index contributed by atoms with van der Waals surface area (Å²) in [6, 6.07) is 8.07. The van der Waals surface area contributed by atoms with E-state index in [0.717, 1.165) is 31.6 Å². The van der Waals surface area contributed by atoms with Gasteiger partial charge in [-0.1, -0.05) is 6.07 Å². The highest BCUT2D eigenvalue weighted by Gasteiger charge is 2.02. The van der Waals surface area contributed by atoms with E-state index in [1.54, 1.807) is 7.11 Å². The van der Waals surface area contributed by atoms with Gasteiger partial charge in [-0.3, -0.25) is 0 Å². The second-order valence-corrected chi connectivity index (χ2v) is 4.47. The van der Waals surface area contributed by atoms with Crippen molar-refractivity contribution in [2.24, 2.45) is 0 Å². The summed E-state index contributed by atoms with van der Waals surface area (Å²) in [6.07, 6.45) is 2.86. The molecule has 0 heterocycles. The monoisotopic (exact) mass is 237 g/mol. The zero-order chi connectivity index (χ0) is 12.7. The Bertz CT molecular complexity index is 326. The number of anilines is 1. The summed E-state index contributed by atoms with van der Waals surface area (Å²) in [4.78, 5) is 2.21. The molecule has 0 saturated heterocycles. The molecule has 0 spiro atoms. The van der Waals surface area contributed by atoms with Crippen molar-refractivity contribution in [3.05, 3.63) is 24.3 Å². The zero-order valence-corrected chi connectivity index (χ0v) is 11.0. The normalized spacial score (nSPS) is 12.2. The number of aliphatic hydroxyl groups is 1. The highest BCUT2D eigenvalue weighted by molar-refractivity contribution is 5.49. The molecule has 1 rings (SSSR count). The predicted octanol–water partition coefficient (Wildman–Crippen LogP) is 2.68. The van der Waals surface area contributed by atoms with Crippen LogP contribution in [0.25, 0.3) is 0 Å². The Kier molecular flexibility index (Phi) is 5.84. The molecule has 0 aliphatic rings. The van der Waals surface area contributed by atoms with Crippen LogP contribution >= 0.6 is 0 Å². The minimum Gasteiger partial charge on any atom is -0.497 e. The average Bonchev–Trinajstić information content (AvgIpc) is 2.34. The van der Waals surface area contributed by atoms with Crippen molar-refractivity contribution >= 4 is 5.69 Å². The lowest BCUT2D eigenvalue weighted by Crippen LogP contribution is -2.18. The second-order valence-electron chi connectivity index (χ2n) is 4.47. The van der Waals surface area contributed by atoms with Crippen LogP contribution in [0.5, 0.6) is 5.75 Å². The van der Waals surface area contributed by atoms with Crippen molar-refractivity contribution in [2.75, 3.05) is 25.6 Å². The SMILES string of the molecule is COc1cccc(N(C)CCCCC(C)O)c1. The minimum atomic E-state index is -0.183. The maximum atomic E-state index is 9.17. The number of hydrogen-bond acceptors (Lipinski definition) is 3. The number of unbranched alkanes of at least 4 members (excludes halogenated alkanes) is 1. The summed E-state index contributed by atoms with van der Waals surface area (Å²) in [5.74, 6) is 0.887. The van der Waals surface area contributed by atoms with Gasteiger partial charge in [0, 0.05) is 25.3 Å². The highest BCUT2D eigenvalue weighted by Crippen LogP contribution is 2.20. The Hall–Kier alpha value is -1.22. The molecule has 1 unspecified atom stereocenters. The molecule has 1 atom stereocenters. The molecule has 0 amide bonds. The molecule has 3 nitrogen and oxygen atoms in total. The molecule has 0 radical (unpaired) electrons. The number of benzene rings is 1. The van der Waals surface area contributed by atoms with E-state index in [2.05, 4.69) is 18.0 Å². The fourth-order valence-electron chi connectivity index (χ4n) is 1.77. The number of ether oxygens (including phenoxy) is 1. The van der Waals surface area contributed by atoms with Crippen molar-refractivity contribution in [1.29, 1.82) is 0 Å². The molecule has 0 aromatic heterocycles. The van der Waals surface area contributed by atoms with Crippen LogP contribution in [-0.2, 0) is 0 Å². The first-order valence-corrected chi connectivity index (χ1v) is 6.16. The molecule has 0 fully saturated rings. The Morgan fingerprint density at radius 3 is 2.76 bits per heavy atom. The minimum absolute atomic E-state index is 0.183. The molecule has 3 heteroatoms. The lowest BCUT2D eigenvalue weighted by molar-refractivity contribution is 0.181.